The van der Waals surface area contributed by atoms with E-state index in [1.807, 2.05) is 30.2 Å². The van der Waals surface area contributed by atoms with Gasteiger partial charge in [-0.05, 0) is 31.9 Å². The first-order valence-corrected chi connectivity index (χ1v) is 8.83. The molecule has 2 amide bonds. The molecule has 3 rings (SSSR count). The summed E-state index contributed by atoms with van der Waals surface area (Å²) in [6.45, 7) is 3.89. The van der Waals surface area contributed by atoms with E-state index in [9.17, 15) is 4.79 Å². The van der Waals surface area contributed by atoms with Crippen LogP contribution in [0.4, 0.5) is 10.6 Å². The molecule has 2 aromatic heterocycles. The highest BCUT2D eigenvalue weighted by atomic mass is 16.5. The zero-order chi connectivity index (χ0) is 17.6. The Morgan fingerprint density at radius 2 is 2.24 bits per heavy atom. The standard InChI is InChI=1S/C18H26N4O3/c1-14-7-8-16(25-14)15-6-4-3-5-10-22(15)18(23)19-17-9-11-21(20-17)12-13-24-2/h7-9,11,15H,3-6,10,12-13H2,1-2H3,(H,19,20,23). The van der Waals surface area contributed by atoms with Crippen molar-refractivity contribution in [2.45, 2.75) is 45.2 Å². The normalized spacial score (nSPS) is 18.2. The Labute approximate surface area is 147 Å². The molecule has 2 aromatic rings. The molecule has 0 spiro atoms. The second-order valence-electron chi connectivity index (χ2n) is 6.39. The van der Waals surface area contributed by atoms with Gasteiger partial charge in [0.15, 0.2) is 5.82 Å². The minimum Gasteiger partial charge on any atom is -0.464 e. The van der Waals surface area contributed by atoms with Crippen molar-refractivity contribution in [1.29, 1.82) is 0 Å². The highest BCUT2D eigenvalue weighted by Gasteiger charge is 2.29. The lowest BCUT2D eigenvalue weighted by molar-refractivity contribution is 0.178. The summed E-state index contributed by atoms with van der Waals surface area (Å²) >= 11 is 0. The van der Waals surface area contributed by atoms with Crippen molar-refractivity contribution in [2.24, 2.45) is 0 Å². The van der Waals surface area contributed by atoms with Gasteiger partial charge in [-0.2, -0.15) is 5.10 Å². The van der Waals surface area contributed by atoms with E-state index in [0.717, 1.165) is 43.7 Å². The summed E-state index contributed by atoms with van der Waals surface area (Å²) in [4.78, 5) is 14.7. The summed E-state index contributed by atoms with van der Waals surface area (Å²) in [5, 5.41) is 7.28. The lowest BCUT2D eigenvalue weighted by Crippen LogP contribution is -2.38. The minimum absolute atomic E-state index is 0.0215. The Balaban J connectivity index is 1.70. The number of nitrogens with one attached hydrogen (secondary N) is 1. The third kappa shape index (κ3) is 4.42. The summed E-state index contributed by atoms with van der Waals surface area (Å²) in [7, 11) is 1.65. The fourth-order valence-corrected chi connectivity index (χ4v) is 3.20. The molecule has 1 fully saturated rings. The Hall–Kier alpha value is -2.28. The molecule has 7 nitrogen and oxygen atoms in total. The number of urea groups is 1. The molecule has 1 atom stereocenters. The Morgan fingerprint density at radius 1 is 1.36 bits per heavy atom. The lowest BCUT2D eigenvalue weighted by atomic mass is 10.1. The number of methoxy groups -OCH3 is 1. The van der Waals surface area contributed by atoms with Gasteiger partial charge < -0.3 is 14.1 Å². The summed E-state index contributed by atoms with van der Waals surface area (Å²) < 4.78 is 12.6. The summed E-state index contributed by atoms with van der Waals surface area (Å²) in [6.07, 6.45) is 5.99. The van der Waals surface area contributed by atoms with Crippen LogP contribution in [0.15, 0.2) is 28.8 Å². The van der Waals surface area contributed by atoms with Gasteiger partial charge in [-0.15, -0.1) is 0 Å². The van der Waals surface area contributed by atoms with Crippen molar-refractivity contribution in [2.75, 3.05) is 25.6 Å². The molecular formula is C18H26N4O3. The Morgan fingerprint density at radius 3 is 3.00 bits per heavy atom. The third-order valence-electron chi connectivity index (χ3n) is 4.50. The number of nitrogens with zero attached hydrogens (tertiary/aromatic N) is 3. The van der Waals surface area contributed by atoms with E-state index in [4.69, 9.17) is 9.15 Å². The van der Waals surface area contributed by atoms with E-state index in [-0.39, 0.29) is 12.1 Å². The smallest absolute Gasteiger partial charge is 0.323 e. The van der Waals surface area contributed by atoms with Crippen LogP contribution in [0.2, 0.25) is 0 Å². The number of likely N-dealkylation sites (tertiary alicyclic amines) is 1. The maximum Gasteiger partial charge on any atom is 0.323 e. The Bertz CT molecular complexity index is 694. The van der Waals surface area contributed by atoms with Crippen LogP contribution in [0.3, 0.4) is 0 Å². The molecule has 3 heterocycles. The maximum atomic E-state index is 12.8. The second kappa shape index (κ2) is 8.20. The number of rotatable bonds is 5. The largest absolute Gasteiger partial charge is 0.464 e. The number of aryl methyl sites for hydroxylation is 1. The highest BCUT2D eigenvalue weighted by molar-refractivity contribution is 5.88. The summed E-state index contributed by atoms with van der Waals surface area (Å²) in [5.41, 5.74) is 0. The predicted octanol–water partition coefficient (Wildman–Crippen LogP) is 3.58. The summed E-state index contributed by atoms with van der Waals surface area (Å²) in [6, 6.07) is 5.58. The quantitative estimate of drug-likeness (QED) is 0.898. The van der Waals surface area contributed by atoms with Crippen LogP contribution in [0.1, 0.15) is 43.2 Å². The van der Waals surface area contributed by atoms with Gasteiger partial charge in [0.25, 0.3) is 0 Å². The van der Waals surface area contributed by atoms with Crippen molar-refractivity contribution in [1.82, 2.24) is 14.7 Å². The monoisotopic (exact) mass is 346 g/mol. The molecule has 0 aliphatic carbocycles. The Kier molecular flexibility index (Phi) is 5.75. The molecule has 1 aliphatic rings. The second-order valence-corrected chi connectivity index (χ2v) is 6.39. The highest BCUT2D eigenvalue weighted by Crippen LogP contribution is 2.31. The topological polar surface area (TPSA) is 72.5 Å². The molecule has 1 saturated heterocycles. The first kappa shape index (κ1) is 17.5. The molecule has 0 radical (unpaired) electrons. The number of amides is 2. The first-order chi connectivity index (χ1) is 12.2. The average Bonchev–Trinajstić information content (AvgIpc) is 3.14. The average molecular weight is 346 g/mol. The number of ether oxygens (including phenoxy) is 1. The molecule has 1 aliphatic heterocycles. The zero-order valence-corrected chi connectivity index (χ0v) is 14.9. The van der Waals surface area contributed by atoms with Crippen molar-refractivity contribution in [3.8, 4) is 0 Å². The van der Waals surface area contributed by atoms with Crippen LogP contribution in [0.25, 0.3) is 0 Å². The number of carbonyl (C=O) groups excluding carboxylic acids is 1. The zero-order valence-electron chi connectivity index (χ0n) is 14.9. The maximum absolute atomic E-state index is 12.8. The lowest BCUT2D eigenvalue weighted by Gasteiger charge is -2.28. The predicted molar refractivity (Wildman–Crippen MR) is 94.5 cm³/mol. The molecule has 0 bridgehead atoms. The van der Waals surface area contributed by atoms with Crippen LogP contribution in [-0.4, -0.2) is 41.0 Å². The van der Waals surface area contributed by atoms with E-state index < -0.39 is 0 Å². The molecular weight excluding hydrogens is 320 g/mol. The number of anilines is 1. The number of furan rings is 1. The van der Waals surface area contributed by atoms with E-state index in [0.29, 0.717) is 19.0 Å². The van der Waals surface area contributed by atoms with Gasteiger partial charge in [-0.1, -0.05) is 12.8 Å². The molecule has 1 N–H and O–H groups in total. The first-order valence-electron chi connectivity index (χ1n) is 8.83. The van der Waals surface area contributed by atoms with E-state index in [1.165, 1.54) is 0 Å². The van der Waals surface area contributed by atoms with Gasteiger partial charge in [0.05, 0.1) is 19.2 Å². The minimum atomic E-state index is -0.127. The van der Waals surface area contributed by atoms with Crippen LogP contribution in [-0.2, 0) is 11.3 Å². The summed E-state index contributed by atoms with van der Waals surface area (Å²) in [5.74, 6) is 2.29. The van der Waals surface area contributed by atoms with Gasteiger partial charge in [0, 0.05) is 25.9 Å². The number of hydrogen-bond acceptors (Lipinski definition) is 4. The third-order valence-corrected chi connectivity index (χ3v) is 4.50. The SMILES string of the molecule is COCCn1ccc(NC(=O)N2CCCCCC2c2ccc(C)o2)n1. The fraction of sp³-hybridized carbons (Fsp3) is 0.556. The van der Waals surface area contributed by atoms with E-state index >= 15 is 0 Å². The van der Waals surface area contributed by atoms with Gasteiger partial charge in [0.2, 0.25) is 0 Å². The number of carbonyl (C=O) groups is 1. The number of hydrogen-bond donors (Lipinski definition) is 1. The van der Waals surface area contributed by atoms with Crippen LogP contribution in [0, 0.1) is 6.92 Å². The van der Waals surface area contributed by atoms with Gasteiger partial charge in [0.1, 0.15) is 11.5 Å². The molecule has 7 heteroatoms. The van der Waals surface area contributed by atoms with Crippen LogP contribution in [0.5, 0.6) is 0 Å². The van der Waals surface area contributed by atoms with Gasteiger partial charge in [-0.3, -0.25) is 10.00 Å². The number of aromatic nitrogens is 2. The molecule has 136 valence electrons. The molecule has 25 heavy (non-hydrogen) atoms. The molecule has 0 aromatic carbocycles. The van der Waals surface area contributed by atoms with Crippen molar-refractivity contribution in [3.05, 3.63) is 35.9 Å². The van der Waals surface area contributed by atoms with Crippen molar-refractivity contribution >= 4 is 11.8 Å². The fourth-order valence-electron chi connectivity index (χ4n) is 3.20. The van der Waals surface area contributed by atoms with E-state index in [1.54, 1.807) is 17.9 Å². The van der Waals surface area contributed by atoms with Crippen molar-refractivity contribution < 1.29 is 13.9 Å². The molecule has 1 unspecified atom stereocenters. The van der Waals surface area contributed by atoms with Crippen LogP contribution < -0.4 is 5.32 Å². The van der Waals surface area contributed by atoms with Crippen LogP contribution >= 0.6 is 0 Å². The van der Waals surface area contributed by atoms with E-state index in [2.05, 4.69) is 10.4 Å². The molecule has 0 saturated carbocycles. The van der Waals surface area contributed by atoms with Crippen molar-refractivity contribution in [3.63, 3.8) is 0 Å². The van der Waals surface area contributed by atoms with Gasteiger partial charge >= 0.3 is 6.03 Å². The van der Waals surface area contributed by atoms with Gasteiger partial charge in [-0.25, -0.2) is 4.79 Å².